The molecule has 8 nitrogen and oxygen atoms in total. The van der Waals surface area contributed by atoms with Crippen LogP contribution in [0.1, 0.15) is 72.7 Å². The second kappa shape index (κ2) is 9.30. The number of hydrogen-bond donors (Lipinski definition) is 0. The first-order valence-electron chi connectivity index (χ1n) is 10.5. The molecule has 0 N–H and O–H groups in total. The van der Waals surface area contributed by atoms with Crippen molar-refractivity contribution >= 4 is 23.5 Å². The van der Waals surface area contributed by atoms with Gasteiger partial charge in [-0.15, -0.1) is 0 Å². The van der Waals surface area contributed by atoms with E-state index < -0.39 is 16.7 Å². The summed E-state index contributed by atoms with van der Waals surface area (Å²) in [6, 6.07) is 11.5. The van der Waals surface area contributed by atoms with Gasteiger partial charge < -0.3 is 4.74 Å². The predicted molar refractivity (Wildman–Crippen MR) is 118 cm³/mol. The first-order valence-corrected chi connectivity index (χ1v) is 10.5. The zero-order chi connectivity index (χ0) is 23.5. The van der Waals surface area contributed by atoms with Gasteiger partial charge in [0.15, 0.2) is 0 Å². The monoisotopic (exact) mass is 438 g/mol. The Hall–Kier alpha value is -3.55. The molecule has 32 heavy (non-hydrogen) atoms. The van der Waals surface area contributed by atoms with Crippen LogP contribution in [0, 0.1) is 10.1 Å². The normalized spacial score (nSPS) is 13.3. The van der Waals surface area contributed by atoms with Gasteiger partial charge >= 0.3 is 5.97 Å². The zero-order valence-electron chi connectivity index (χ0n) is 18.4. The van der Waals surface area contributed by atoms with E-state index in [4.69, 9.17) is 4.74 Å². The van der Waals surface area contributed by atoms with E-state index >= 15 is 0 Å². The van der Waals surface area contributed by atoms with Crippen molar-refractivity contribution < 1.29 is 24.0 Å². The van der Waals surface area contributed by atoms with Gasteiger partial charge in [0, 0.05) is 24.6 Å². The van der Waals surface area contributed by atoms with Gasteiger partial charge in [-0.25, -0.2) is 0 Å². The third-order valence-electron chi connectivity index (χ3n) is 5.36. The van der Waals surface area contributed by atoms with Crippen LogP contribution < -0.4 is 4.74 Å². The molecule has 0 aliphatic carbocycles. The molecule has 2 amide bonds. The number of nitrogens with zero attached hydrogens (tertiary/aromatic N) is 2. The Labute approximate surface area is 186 Å². The molecule has 0 fully saturated rings. The molecule has 0 radical (unpaired) electrons. The van der Waals surface area contributed by atoms with E-state index in [0.717, 1.165) is 10.5 Å². The molecule has 0 atom stereocenters. The molecule has 0 bridgehead atoms. The number of benzene rings is 2. The van der Waals surface area contributed by atoms with E-state index in [1.54, 1.807) is 6.07 Å². The average Bonchev–Trinajstić information content (AvgIpc) is 2.97. The molecule has 0 spiro atoms. The fourth-order valence-electron chi connectivity index (χ4n) is 3.74. The molecule has 0 saturated heterocycles. The Morgan fingerprint density at radius 1 is 1.00 bits per heavy atom. The number of para-hydroxylation sites is 1. The molecule has 0 saturated carbocycles. The standard InChI is InChI=1S/C24H26N2O6/c1-24(2,3)17-11-6-7-13-19(17)32-20(27)14-5-4-8-15-25-22(28)16-10-9-12-18(26(30)31)21(16)23(25)29/h6-7,9-13H,4-5,8,14-15H2,1-3H3. The van der Waals surface area contributed by atoms with Gasteiger partial charge in [0.05, 0.1) is 10.5 Å². The first-order chi connectivity index (χ1) is 15.1. The van der Waals surface area contributed by atoms with Crippen molar-refractivity contribution in [3.05, 3.63) is 69.3 Å². The fourth-order valence-corrected chi connectivity index (χ4v) is 3.74. The summed E-state index contributed by atoms with van der Waals surface area (Å²) in [6.45, 7) is 6.29. The lowest BCUT2D eigenvalue weighted by Gasteiger charge is -2.22. The highest BCUT2D eigenvalue weighted by Gasteiger charge is 2.40. The van der Waals surface area contributed by atoms with Gasteiger partial charge in [0.1, 0.15) is 11.3 Å². The number of unbranched alkanes of at least 4 members (excludes halogenated alkanes) is 2. The maximum absolute atomic E-state index is 12.5. The van der Waals surface area contributed by atoms with E-state index in [1.165, 1.54) is 18.2 Å². The Kier molecular flexibility index (Phi) is 6.72. The molecule has 0 unspecified atom stereocenters. The minimum Gasteiger partial charge on any atom is -0.426 e. The minimum absolute atomic E-state index is 0.0605. The van der Waals surface area contributed by atoms with Crippen LogP contribution >= 0.6 is 0 Å². The molecule has 3 rings (SSSR count). The van der Waals surface area contributed by atoms with Crippen molar-refractivity contribution in [3.63, 3.8) is 0 Å². The van der Waals surface area contributed by atoms with E-state index in [9.17, 15) is 24.5 Å². The maximum atomic E-state index is 12.5. The fraction of sp³-hybridized carbons (Fsp3) is 0.375. The molecule has 1 aliphatic heterocycles. The van der Waals surface area contributed by atoms with E-state index in [2.05, 4.69) is 0 Å². The van der Waals surface area contributed by atoms with Crippen molar-refractivity contribution in [2.45, 2.75) is 51.9 Å². The van der Waals surface area contributed by atoms with Crippen LogP contribution in [0.25, 0.3) is 0 Å². The van der Waals surface area contributed by atoms with Crippen LogP contribution in [-0.2, 0) is 10.2 Å². The maximum Gasteiger partial charge on any atom is 0.311 e. The Bertz CT molecular complexity index is 1070. The van der Waals surface area contributed by atoms with Crippen molar-refractivity contribution in [2.24, 2.45) is 0 Å². The lowest BCUT2D eigenvalue weighted by atomic mass is 9.86. The summed E-state index contributed by atoms with van der Waals surface area (Å²) in [5.41, 5.74) is 0.349. The van der Waals surface area contributed by atoms with Gasteiger partial charge in [-0.1, -0.05) is 51.5 Å². The van der Waals surface area contributed by atoms with E-state index in [0.29, 0.717) is 25.0 Å². The SMILES string of the molecule is CC(C)(C)c1ccccc1OC(=O)CCCCCN1C(=O)c2cccc([N+](=O)[O-])c2C1=O. The lowest BCUT2D eigenvalue weighted by Crippen LogP contribution is -2.30. The predicted octanol–water partition coefficient (Wildman–Crippen LogP) is 4.65. The Morgan fingerprint density at radius 3 is 2.41 bits per heavy atom. The summed E-state index contributed by atoms with van der Waals surface area (Å²) in [6.07, 6.45) is 1.85. The van der Waals surface area contributed by atoms with Crippen LogP contribution in [0.2, 0.25) is 0 Å². The van der Waals surface area contributed by atoms with Gasteiger partial charge in [0.2, 0.25) is 0 Å². The zero-order valence-corrected chi connectivity index (χ0v) is 18.4. The number of nitro groups is 1. The highest BCUT2D eigenvalue weighted by atomic mass is 16.6. The number of carbonyl (C=O) groups is 3. The minimum atomic E-state index is -0.656. The van der Waals surface area contributed by atoms with Crippen LogP contribution in [-0.4, -0.2) is 34.2 Å². The molecule has 2 aromatic rings. The summed E-state index contributed by atoms with van der Waals surface area (Å²) in [5.74, 6) is -0.946. The lowest BCUT2D eigenvalue weighted by molar-refractivity contribution is -0.385. The Balaban J connectivity index is 1.49. The summed E-state index contributed by atoms with van der Waals surface area (Å²) >= 11 is 0. The van der Waals surface area contributed by atoms with Crippen LogP contribution in [0.5, 0.6) is 5.75 Å². The van der Waals surface area contributed by atoms with Crippen LogP contribution in [0.3, 0.4) is 0 Å². The molecular weight excluding hydrogens is 412 g/mol. The van der Waals surface area contributed by atoms with E-state index in [1.807, 2.05) is 39.0 Å². The van der Waals surface area contributed by atoms with Gasteiger partial charge in [-0.3, -0.25) is 29.4 Å². The van der Waals surface area contributed by atoms with Gasteiger partial charge in [-0.2, -0.15) is 0 Å². The molecule has 8 heteroatoms. The summed E-state index contributed by atoms with van der Waals surface area (Å²) < 4.78 is 5.54. The largest absolute Gasteiger partial charge is 0.426 e. The number of carbonyl (C=O) groups excluding carboxylic acids is 3. The molecule has 2 aromatic carbocycles. The quantitative estimate of drug-likeness (QED) is 0.148. The summed E-state index contributed by atoms with van der Waals surface area (Å²) in [7, 11) is 0. The Morgan fingerprint density at radius 2 is 1.72 bits per heavy atom. The van der Waals surface area contributed by atoms with E-state index in [-0.39, 0.29) is 41.2 Å². The molecule has 0 aromatic heterocycles. The van der Waals surface area contributed by atoms with Gasteiger partial charge in [0.25, 0.3) is 17.5 Å². The number of hydrogen-bond acceptors (Lipinski definition) is 6. The number of amides is 2. The number of ether oxygens (including phenoxy) is 1. The highest BCUT2D eigenvalue weighted by Crippen LogP contribution is 2.32. The summed E-state index contributed by atoms with van der Waals surface area (Å²) in [5, 5.41) is 11.2. The van der Waals surface area contributed by atoms with Crippen molar-refractivity contribution in [3.8, 4) is 5.75 Å². The van der Waals surface area contributed by atoms with Crippen LogP contribution in [0.15, 0.2) is 42.5 Å². The second-order valence-corrected chi connectivity index (χ2v) is 8.75. The van der Waals surface area contributed by atoms with Crippen molar-refractivity contribution in [1.82, 2.24) is 4.90 Å². The average molecular weight is 438 g/mol. The third kappa shape index (κ3) is 4.85. The molecule has 168 valence electrons. The third-order valence-corrected chi connectivity index (χ3v) is 5.36. The highest BCUT2D eigenvalue weighted by molar-refractivity contribution is 6.23. The van der Waals surface area contributed by atoms with Crippen molar-refractivity contribution in [2.75, 3.05) is 6.54 Å². The summed E-state index contributed by atoms with van der Waals surface area (Å²) in [4.78, 5) is 48.8. The van der Waals surface area contributed by atoms with Crippen molar-refractivity contribution in [1.29, 1.82) is 0 Å². The van der Waals surface area contributed by atoms with Crippen LogP contribution in [0.4, 0.5) is 5.69 Å². The number of imide groups is 1. The number of fused-ring (bicyclic) bond motifs is 1. The molecule has 1 heterocycles. The number of esters is 1. The second-order valence-electron chi connectivity index (χ2n) is 8.75. The number of rotatable bonds is 8. The molecular formula is C24H26N2O6. The molecule has 1 aliphatic rings. The number of nitro benzene ring substituents is 1. The first kappa shape index (κ1) is 23.1. The topological polar surface area (TPSA) is 107 Å². The smallest absolute Gasteiger partial charge is 0.311 e. The van der Waals surface area contributed by atoms with Gasteiger partial charge in [-0.05, 0) is 30.4 Å².